The SMILES string of the molecule is CCOC(=O)c1c(NCc2ccc(NC(=O)OC(C)(C)C)nc2)c2c(C)ncnc2n(OCc2ccccc2)c1=O.CCOC(=O)c1c(O)c2c(C)ncnc2n(OCc2ccccc2)c1=O.CCOC(=O)c1c(OS(=O)(=O)C(F)(F)F)c2c(C)ncnc2n(OCc2ccccc2)c1=O.Cc1ncnc2c1c(NCc1ccc(NC(=O)OC(C)(C)C)nc1)cc(=O)n2OCc1ccccc1. The molecule has 0 bridgehead atoms. The normalized spacial score (nSPS) is 11.3. The minimum atomic E-state index is -6.27. The van der Waals surface area contributed by atoms with Crippen LogP contribution in [0.5, 0.6) is 11.5 Å². The topological polar surface area (TPSA) is 497 Å². The first-order valence-corrected chi connectivity index (χ1v) is 43.0. The number of nitrogens with zero attached hydrogens (tertiary/aromatic N) is 14. The van der Waals surface area contributed by atoms with Crippen LogP contribution in [0, 0.1) is 27.7 Å². The summed E-state index contributed by atoms with van der Waals surface area (Å²) in [6.07, 6.45) is 6.96. The molecule has 0 aliphatic rings. The quantitative estimate of drug-likeness (QED) is 0.0132. The molecule has 4 aromatic carbocycles. The summed E-state index contributed by atoms with van der Waals surface area (Å²) >= 11 is 0. The van der Waals surface area contributed by atoms with Gasteiger partial charge in [0.1, 0.15) is 80.3 Å². The summed E-state index contributed by atoms with van der Waals surface area (Å²) in [6.45, 7) is 22.4. The second-order valence-electron chi connectivity index (χ2n) is 31.0. The predicted octanol–water partition coefficient (Wildman–Crippen LogP) is 12.1. The number of fused-ring (bicyclic) bond motifs is 4. The van der Waals surface area contributed by atoms with E-state index in [4.69, 9.17) is 43.0 Å². The van der Waals surface area contributed by atoms with Gasteiger partial charge in [0, 0.05) is 31.5 Å². The van der Waals surface area contributed by atoms with E-state index < -0.39 is 107 Å². The van der Waals surface area contributed by atoms with Crippen molar-refractivity contribution in [3.8, 4) is 11.5 Å². The zero-order chi connectivity index (χ0) is 98.3. The van der Waals surface area contributed by atoms with Crippen molar-refractivity contribution in [2.24, 2.45) is 0 Å². The van der Waals surface area contributed by atoms with Gasteiger partial charge in [-0.3, -0.25) is 29.8 Å². The molecule has 40 nitrogen and oxygen atoms in total. The molecule has 710 valence electrons. The van der Waals surface area contributed by atoms with Crippen LogP contribution < -0.4 is 67.0 Å². The first-order chi connectivity index (χ1) is 64.8. The fraction of sp³-hybridized carbons (Fsp3) is 0.272. The molecule has 0 radical (unpaired) electrons. The van der Waals surface area contributed by atoms with Crippen molar-refractivity contribution in [1.82, 2.24) is 68.8 Å². The number of benzene rings is 4. The van der Waals surface area contributed by atoms with E-state index in [0.29, 0.717) is 73.2 Å². The number of esters is 3. The molecule has 0 saturated heterocycles. The minimum Gasteiger partial charge on any atom is -0.506 e. The van der Waals surface area contributed by atoms with Crippen LogP contribution in [0.3, 0.4) is 0 Å². The van der Waals surface area contributed by atoms with Gasteiger partial charge in [0.05, 0.1) is 75.5 Å². The largest absolute Gasteiger partial charge is 0.534 e. The Bertz CT molecular complexity index is 7060. The van der Waals surface area contributed by atoms with E-state index in [0.717, 1.165) is 38.0 Å². The number of aromatic hydroxyl groups is 1. The van der Waals surface area contributed by atoms with Crippen LogP contribution in [-0.2, 0) is 73.3 Å². The third-order valence-corrected chi connectivity index (χ3v) is 19.7. The number of pyridine rings is 6. The molecule has 10 aromatic heterocycles. The zero-order valence-electron chi connectivity index (χ0n) is 75.6. The molecular formula is C92H93F3N18O22S. The molecule has 0 unspecified atom stereocenters. The lowest BCUT2D eigenvalue weighted by atomic mass is 10.1. The minimum absolute atomic E-state index is 0.0604. The molecule has 44 heteroatoms. The van der Waals surface area contributed by atoms with E-state index in [1.165, 1.54) is 43.6 Å². The predicted molar refractivity (Wildman–Crippen MR) is 489 cm³/mol. The molecule has 2 amide bonds. The average Bonchev–Trinajstić information content (AvgIpc) is 0.744. The van der Waals surface area contributed by atoms with Gasteiger partial charge in [0.15, 0.2) is 45.0 Å². The van der Waals surface area contributed by atoms with Crippen LogP contribution in [0.4, 0.5) is 45.8 Å². The van der Waals surface area contributed by atoms with Crippen LogP contribution in [0.25, 0.3) is 44.1 Å². The highest BCUT2D eigenvalue weighted by Crippen LogP contribution is 2.36. The third kappa shape index (κ3) is 25.4. The number of halogens is 3. The molecule has 0 aliphatic carbocycles. The number of aromatic nitrogens is 14. The number of rotatable bonds is 28. The Morgan fingerprint density at radius 1 is 0.404 bits per heavy atom. The Morgan fingerprint density at radius 3 is 1.13 bits per heavy atom. The number of ether oxygens (including phenoxy) is 5. The number of carbonyl (C=O) groups excluding carboxylic acids is 5. The van der Waals surface area contributed by atoms with E-state index in [1.807, 2.05) is 104 Å². The molecular weight excluding hydrogens is 1800 g/mol. The van der Waals surface area contributed by atoms with Gasteiger partial charge in [-0.15, -0.1) is 18.9 Å². The van der Waals surface area contributed by atoms with Crippen LogP contribution in [0.15, 0.2) is 209 Å². The number of amides is 2. The van der Waals surface area contributed by atoms with E-state index in [1.54, 1.807) is 130 Å². The molecule has 0 aliphatic heterocycles. The van der Waals surface area contributed by atoms with Gasteiger partial charge in [0.2, 0.25) is 0 Å². The number of aryl methyl sites for hydroxylation is 4. The van der Waals surface area contributed by atoms with Gasteiger partial charge < -0.3 is 63.0 Å². The maximum atomic E-state index is 13.7. The van der Waals surface area contributed by atoms with Crippen molar-refractivity contribution in [3.63, 3.8) is 0 Å². The second-order valence-corrected chi connectivity index (χ2v) is 32.6. The number of nitrogens with one attached hydrogen (secondary N) is 4. The Kier molecular flexibility index (Phi) is 32.8. The first-order valence-electron chi connectivity index (χ1n) is 41.6. The lowest BCUT2D eigenvalue weighted by Gasteiger charge is -2.19. The van der Waals surface area contributed by atoms with Crippen molar-refractivity contribution in [2.45, 2.75) is 146 Å². The molecule has 10 heterocycles. The first kappa shape index (κ1) is 100.0. The number of hydrogen-bond acceptors (Lipinski definition) is 34. The molecule has 0 spiro atoms. The molecule has 136 heavy (non-hydrogen) atoms. The van der Waals surface area contributed by atoms with E-state index in [-0.39, 0.29) is 92.0 Å². The molecule has 0 atom stereocenters. The Labute approximate surface area is 772 Å². The fourth-order valence-corrected chi connectivity index (χ4v) is 13.2. The van der Waals surface area contributed by atoms with Gasteiger partial charge in [-0.1, -0.05) is 133 Å². The molecule has 5 N–H and O–H groups in total. The van der Waals surface area contributed by atoms with E-state index in [9.17, 15) is 69.8 Å². The van der Waals surface area contributed by atoms with Gasteiger partial charge in [-0.25, -0.2) is 73.8 Å². The van der Waals surface area contributed by atoms with Crippen LogP contribution in [0.2, 0.25) is 0 Å². The Hall–Kier alpha value is -16.6. The van der Waals surface area contributed by atoms with Crippen LogP contribution >= 0.6 is 0 Å². The lowest BCUT2D eigenvalue weighted by Crippen LogP contribution is -2.35. The zero-order valence-corrected chi connectivity index (χ0v) is 76.4. The second kappa shape index (κ2) is 44.6. The monoisotopic (exact) mass is 1890 g/mol. The number of carbonyl (C=O) groups is 5. The van der Waals surface area contributed by atoms with Crippen molar-refractivity contribution in [1.29, 1.82) is 0 Å². The lowest BCUT2D eigenvalue weighted by molar-refractivity contribution is -0.0500. The summed E-state index contributed by atoms with van der Waals surface area (Å²) in [5.41, 5.74) is -4.86. The summed E-state index contributed by atoms with van der Waals surface area (Å²) in [5.74, 6) is -4.19. The summed E-state index contributed by atoms with van der Waals surface area (Å²) in [4.78, 5) is 178. The van der Waals surface area contributed by atoms with Gasteiger partial charge >= 0.3 is 62.4 Å². The summed E-state index contributed by atoms with van der Waals surface area (Å²) < 4.78 is 95.8. The van der Waals surface area contributed by atoms with Gasteiger partial charge in [-0.2, -0.15) is 21.6 Å². The van der Waals surface area contributed by atoms with Crippen molar-refractivity contribution < 1.29 is 97.9 Å². The number of anilines is 4. The molecule has 0 saturated carbocycles. The molecule has 14 aromatic rings. The highest BCUT2D eigenvalue weighted by atomic mass is 32.2. The molecule has 14 rings (SSSR count). The van der Waals surface area contributed by atoms with Crippen LogP contribution in [-0.4, -0.2) is 149 Å². The number of hydrogen-bond donors (Lipinski definition) is 5. The third-order valence-electron chi connectivity index (χ3n) is 18.8. The van der Waals surface area contributed by atoms with Gasteiger partial charge in [0.25, 0.3) is 5.56 Å². The molecule has 0 fully saturated rings. The summed E-state index contributed by atoms with van der Waals surface area (Å²) in [7, 11) is -6.27. The van der Waals surface area contributed by atoms with E-state index in [2.05, 4.69) is 75.3 Å². The number of alkyl halides is 3. The summed E-state index contributed by atoms with van der Waals surface area (Å²) in [6, 6.07) is 44.9. The highest BCUT2D eigenvalue weighted by molar-refractivity contribution is 7.88. The smallest absolute Gasteiger partial charge is 0.506 e. The maximum absolute atomic E-state index is 13.7. The Morgan fingerprint density at radius 2 is 0.743 bits per heavy atom. The average molecular weight is 1890 g/mol. The Balaban J connectivity index is 0.000000176. The van der Waals surface area contributed by atoms with Crippen molar-refractivity contribution in [3.05, 3.63) is 304 Å². The van der Waals surface area contributed by atoms with Crippen LogP contribution in [0.1, 0.15) is 150 Å². The van der Waals surface area contributed by atoms with Gasteiger partial charge in [-0.05, 0) is 136 Å². The highest BCUT2D eigenvalue weighted by Gasteiger charge is 2.50. The maximum Gasteiger partial charge on any atom is 0.534 e. The fourth-order valence-electron chi connectivity index (χ4n) is 12.7. The van der Waals surface area contributed by atoms with Crippen molar-refractivity contribution >= 4 is 107 Å². The standard InChI is InChI=1S/C29H32N6O6.C26H28N6O4.C19H16F3N3O7S.C18H17N3O5/c1-6-39-27(37)23-24(31-15-20-12-13-21(30-14-20)34-28(38)41-29(3,4)5)22-18(2)32-17-33-25(22)35(26(23)36)40-16-19-10-8-7-9-11-19;1-17-23-20(27-13-19-10-11-21(28-14-19)31-25(34)36-26(2,3)4)12-22(33)32(24(23)30-16-29-17)35-15-18-8-6-5-7-9-18;1-3-30-18(27)14-15(32-33(28,29)19(20,21)22)13-11(2)23-10-24-16(13)25(17(14)26)31-9-12-7-5-4-6-8-12;1-3-25-18(24)14-15(22)13-11(2)19-10-20-16(13)21(17(14)23)26-9-12-7-5-4-6-8-12/h7-14,17,31H,6,15-16H2,1-5H3,(H,30,34,38);5-12,14,16,27H,13,15H2,1-4H3,(H,28,31,34);4-8,10H,3,9H2,1-2H3;4-8,10,22H,3,9H2,1-2H3. The van der Waals surface area contributed by atoms with E-state index >= 15 is 0 Å². The van der Waals surface area contributed by atoms with Crippen molar-refractivity contribution in [2.75, 3.05) is 41.1 Å². The summed E-state index contributed by atoms with van der Waals surface area (Å²) in [5, 5.41) is 22.9.